The van der Waals surface area contributed by atoms with Crippen LogP contribution in [0.2, 0.25) is 0 Å². The van der Waals surface area contributed by atoms with Crippen LogP contribution in [0.1, 0.15) is 187 Å². The Labute approximate surface area is 370 Å². The van der Waals surface area contributed by atoms with Gasteiger partial charge < -0.3 is 18.9 Å². The Balaban J connectivity index is 4.26. The SMILES string of the molecule is CC/C=C\C/C=C\C/C=C\C/C=C\C/C=C\C/C=C\CCCCCOCC(COP(=O)(O)OCC[N+](C)(C)C)OC(=O)CCCCCCCCCCCCCCCCCC. The van der Waals surface area contributed by atoms with Crippen molar-refractivity contribution >= 4 is 13.8 Å². The second-order valence-corrected chi connectivity index (χ2v) is 18.6. The number of hydrogen-bond donors (Lipinski definition) is 1. The number of likely N-dealkylation sites (N-methyl/N-ethyl adjacent to an activating group) is 1. The average molecular weight is 863 g/mol. The van der Waals surface area contributed by atoms with Gasteiger partial charge in [-0.15, -0.1) is 0 Å². The van der Waals surface area contributed by atoms with Crippen LogP contribution >= 0.6 is 7.82 Å². The third-order valence-electron chi connectivity index (χ3n) is 10.0. The van der Waals surface area contributed by atoms with Gasteiger partial charge in [0.25, 0.3) is 0 Å². The monoisotopic (exact) mass is 863 g/mol. The molecule has 0 fully saturated rings. The van der Waals surface area contributed by atoms with E-state index >= 15 is 0 Å². The molecular formula is C51H93NO7P+. The molecule has 2 unspecified atom stereocenters. The number of allylic oxidation sites excluding steroid dienone is 12. The van der Waals surface area contributed by atoms with Crippen molar-refractivity contribution < 1.29 is 37.3 Å². The minimum absolute atomic E-state index is 0.0794. The lowest BCUT2D eigenvalue weighted by molar-refractivity contribution is -0.870. The highest BCUT2D eigenvalue weighted by Gasteiger charge is 2.26. The normalized spacial score (nSPS) is 14.3. The molecule has 0 amide bonds. The minimum Gasteiger partial charge on any atom is -0.457 e. The third-order valence-corrected chi connectivity index (χ3v) is 11.0. The van der Waals surface area contributed by atoms with Gasteiger partial charge >= 0.3 is 13.8 Å². The summed E-state index contributed by atoms with van der Waals surface area (Å²) in [5.74, 6) is -0.326. The van der Waals surface area contributed by atoms with Gasteiger partial charge in [0.1, 0.15) is 19.3 Å². The first-order chi connectivity index (χ1) is 29.1. The molecule has 0 aromatic carbocycles. The summed E-state index contributed by atoms with van der Waals surface area (Å²) >= 11 is 0. The van der Waals surface area contributed by atoms with Crippen molar-refractivity contribution in [2.24, 2.45) is 0 Å². The summed E-state index contributed by atoms with van der Waals surface area (Å²) in [6, 6.07) is 0. The van der Waals surface area contributed by atoms with E-state index in [1.54, 1.807) is 0 Å². The highest BCUT2D eigenvalue weighted by Crippen LogP contribution is 2.43. The van der Waals surface area contributed by atoms with Crippen LogP contribution in [0, 0.1) is 0 Å². The van der Waals surface area contributed by atoms with Crippen LogP contribution in [0.15, 0.2) is 72.9 Å². The molecule has 0 aliphatic carbocycles. The van der Waals surface area contributed by atoms with Gasteiger partial charge in [0.15, 0.2) is 0 Å². The number of ether oxygens (including phenoxy) is 2. The number of hydrogen-bond acceptors (Lipinski definition) is 6. The standard InChI is InChI=1S/C51H92NO7P/c1-6-8-10-12-14-16-18-20-22-24-25-26-27-28-29-31-33-35-37-39-41-43-46-56-48-50(49-58-60(54,55)57-47-45-52(3,4)5)59-51(53)44-42-40-38-36-34-32-30-23-21-19-17-15-13-11-9-7-2/h8,10,14,16,20,22,25-26,28-29,33,35,50H,6-7,9,11-13,15,17-19,21,23-24,27,30-32,34,36-49H2,1-5H3/p+1/b10-8-,16-14-,22-20-,26-25-,29-28-,35-33-. The summed E-state index contributed by atoms with van der Waals surface area (Å²) in [5.41, 5.74) is 0. The quantitative estimate of drug-likeness (QED) is 0.0214. The highest BCUT2D eigenvalue weighted by atomic mass is 31.2. The number of nitrogens with zero attached hydrogens (tertiary/aromatic N) is 1. The maximum Gasteiger partial charge on any atom is 0.472 e. The Morgan fingerprint density at radius 1 is 0.533 bits per heavy atom. The molecular weight excluding hydrogens is 770 g/mol. The van der Waals surface area contributed by atoms with Crippen molar-refractivity contribution in [3.63, 3.8) is 0 Å². The summed E-state index contributed by atoms with van der Waals surface area (Å²) in [7, 11) is 1.64. The molecule has 0 rings (SSSR count). The number of unbranched alkanes of at least 4 members (excludes halogenated alkanes) is 18. The molecule has 8 nitrogen and oxygen atoms in total. The predicted octanol–water partition coefficient (Wildman–Crippen LogP) is 14.7. The molecule has 2 atom stereocenters. The van der Waals surface area contributed by atoms with Gasteiger partial charge in [-0.2, -0.15) is 0 Å². The number of phosphoric ester groups is 1. The Morgan fingerprint density at radius 2 is 0.967 bits per heavy atom. The summed E-state index contributed by atoms with van der Waals surface area (Å²) in [6.07, 6.45) is 56.6. The number of carbonyl (C=O) groups excluding carboxylic acids is 1. The van der Waals surface area contributed by atoms with Gasteiger partial charge in [-0.05, 0) is 64.2 Å². The Bertz CT molecular complexity index is 1190. The summed E-state index contributed by atoms with van der Waals surface area (Å²) in [4.78, 5) is 22.9. The van der Waals surface area contributed by atoms with E-state index in [1.807, 2.05) is 21.1 Å². The average Bonchev–Trinajstić information content (AvgIpc) is 3.20. The molecule has 0 saturated heterocycles. The van der Waals surface area contributed by atoms with Crippen LogP contribution in [-0.2, 0) is 27.9 Å². The number of rotatable bonds is 44. The molecule has 0 heterocycles. The van der Waals surface area contributed by atoms with E-state index in [2.05, 4.69) is 86.8 Å². The molecule has 1 N–H and O–H groups in total. The van der Waals surface area contributed by atoms with E-state index in [9.17, 15) is 14.3 Å². The van der Waals surface area contributed by atoms with Crippen molar-refractivity contribution in [1.82, 2.24) is 0 Å². The van der Waals surface area contributed by atoms with Crippen LogP contribution in [-0.4, -0.2) is 75.6 Å². The van der Waals surface area contributed by atoms with E-state index in [0.717, 1.165) is 83.5 Å². The van der Waals surface area contributed by atoms with Gasteiger partial charge in [0.2, 0.25) is 0 Å². The number of carbonyl (C=O) groups is 1. The third kappa shape index (κ3) is 47.0. The molecule has 348 valence electrons. The Kier molecular flexibility index (Phi) is 42.1. The number of quaternary nitrogens is 1. The molecule has 0 spiro atoms. The maximum absolute atomic E-state index is 12.7. The van der Waals surface area contributed by atoms with Crippen LogP contribution in [0.3, 0.4) is 0 Å². The minimum atomic E-state index is -4.29. The zero-order chi connectivity index (χ0) is 44.1. The lowest BCUT2D eigenvalue weighted by atomic mass is 10.0. The van der Waals surface area contributed by atoms with Crippen LogP contribution < -0.4 is 0 Å². The van der Waals surface area contributed by atoms with Gasteiger partial charge in [-0.3, -0.25) is 13.8 Å². The maximum atomic E-state index is 12.7. The fourth-order valence-electron chi connectivity index (χ4n) is 6.32. The zero-order valence-electron chi connectivity index (χ0n) is 39.4. The first-order valence-electron chi connectivity index (χ1n) is 24.2. The molecule has 0 aromatic heterocycles. The van der Waals surface area contributed by atoms with Crippen LogP contribution in [0.25, 0.3) is 0 Å². The van der Waals surface area contributed by atoms with Crippen molar-refractivity contribution in [2.45, 2.75) is 193 Å². The van der Waals surface area contributed by atoms with Crippen molar-refractivity contribution in [1.29, 1.82) is 0 Å². The smallest absolute Gasteiger partial charge is 0.457 e. The molecule has 0 aromatic rings. The molecule has 0 radical (unpaired) electrons. The topological polar surface area (TPSA) is 91.3 Å². The van der Waals surface area contributed by atoms with Gasteiger partial charge in [0.05, 0.1) is 34.4 Å². The van der Waals surface area contributed by atoms with Gasteiger partial charge in [0, 0.05) is 13.0 Å². The van der Waals surface area contributed by atoms with Crippen molar-refractivity contribution in [3.05, 3.63) is 72.9 Å². The van der Waals surface area contributed by atoms with Gasteiger partial charge in [-0.1, -0.05) is 189 Å². The molecule has 0 bridgehead atoms. The fraction of sp³-hybridized carbons (Fsp3) is 0.745. The zero-order valence-corrected chi connectivity index (χ0v) is 40.3. The van der Waals surface area contributed by atoms with E-state index in [4.69, 9.17) is 18.5 Å². The summed E-state index contributed by atoms with van der Waals surface area (Å²) in [5, 5.41) is 0. The summed E-state index contributed by atoms with van der Waals surface area (Å²) < 4.78 is 35.0. The number of esters is 1. The van der Waals surface area contributed by atoms with Crippen molar-refractivity contribution in [2.75, 3.05) is 54.1 Å². The van der Waals surface area contributed by atoms with Crippen LogP contribution in [0.4, 0.5) is 0 Å². The first-order valence-corrected chi connectivity index (χ1v) is 25.7. The molecule has 60 heavy (non-hydrogen) atoms. The number of phosphoric acid groups is 1. The summed E-state index contributed by atoms with van der Waals surface area (Å²) in [6.45, 7) is 5.43. The lowest BCUT2D eigenvalue weighted by Gasteiger charge is -2.24. The first kappa shape index (κ1) is 57.9. The lowest BCUT2D eigenvalue weighted by Crippen LogP contribution is -2.37. The largest absolute Gasteiger partial charge is 0.472 e. The van der Waals surface area contributed by atoms with E-state index in [0.29, 0.717) is 24.1 Å². The van der Waals surface area contributed by atoms with Gasteiger partial charge in [-0.25, -0.2) is 4.57 Å². The second-order valence-electron chi connectivity index (χ2n) is 17.1. The molecule has 0 saturated carbocycles. The molecule has 9 heteroatoms. The van der Waals surface area contributed by atoms with E-state index < -0.39 is 13.9 Å². The van der Waals surface area contributed by atoms with E-state index in [1.165, 1.54) is 83.5 Å². The molecule has 0 aliphatic heterocycles. The van der Waals surface area contributed by atoms with Crippen molar-refractivity contribution in [3.8, 4) is 0 Å². The highest BCUT2D eigenvalue weighted by molar-refractivity contribution is 7.47. The Morgan fingerprint density at radius 3 is 1.43 bits per heavy atom. The predicted molar refractivity (Wildman–Crippen MR) is 256 cm³/mol. The van der Waals surface area contributed by atoms with E-state index in [-0.39, 0.29) is 25.8 Å². The van der Waals surface area contributed by atoms with Crippen LogP contribution in [0.5, 0.6) is 0 Å². The fourth-order valence-corrected chi connectivity index (χ4v) is 7.06. The Hall–Kier alpha value is -2.06. The second kappa shape index (κ2) is 43.6. The molecule has 0 aliphatic rings.